The second-order valence-corrected chi connectivity index (χ2v) is 8.21. The van der Waals surface area contributed by atoms with E-state index in [0.717, 1.165) is 36.8 Å². The Morgan fingerprint density at radius 2 is 1.93 bits per heavy atom. The van der Waals surface area contributed by atoms with Gasteiger partial charge in [-0.15, -0.1) is 0 Å². The number of nitrogens with one attached hydrogen (secondary N) is 3. The van der Waals surface area contributed by atoms with Crippen LogP contribution in [0.4, 0.5) is 5.69 Å². The van der Waals surface area contributed by atoms with E-state index in [4.69, 9.17) is 0 Å². The monoisotopic (exact) mass is 435 g/mol. The van der Waals surface area contributed by atoms with Gasteiger partial charge in [0.2, 0.25) is 5.91 Å². The van der Waals surface area contributed by atoms with E-state index in [-0.39, 0.29) is 12.5 Å². The summed E-state index contributed by atoms with van der Waals surface area (Å²) in [5.74, 6) is 0.735. The molecule has 1 atom stereocenters. The number of nitrogens with zero attached hydrogens (tertiary/aromatic N) is 2. The number of aliphatic imine (C=N–C) groups is 1. The Bertz CT molecular complexity index is 660. The molecule has 2 aliphatic rings. The highest BCUT2D eigenvalue weighted by Crippen LogP contribution is 2.28. The zero-order valence-electron chi connectivity index (χ0n) is 16.0. The van der Waals surface area contributed by atoms with Crippen LogP contribution in [-0.2, 0) is 4.79 Å². The van der Waals surface area contributed by atoms with E-state index in [1.54, 1.807) is 7.05 Å². The number of guanidine groups is 1. The molecule has 6 nitrogen and oxygen atoms in total. The highest BCUT2D eigenvalue weighted by molar-refractivity contribution is 9.10. The van der Waals surface area contributed by atoms with Crippen molar-refractivity contribution in [2.45, 2.75) is 50.6 Å². The molecular formula is C20H30BrN5O. The number of anilines is 1. The number of amides is 1. The summed E-state index contributed by atoms with van der Waals surface area (Å²) in [6.45, 7) is 2.17. The lowest BCUT2D eigenvalue weighted by atomic mass is 9.95. The molecule has 1 amide bonds. The molecule has 0 bridgehead atoms. The molecular weight excluding hydrogens is 406 g/mol. The highest BCUT2D eigenvalue weighted by atomic mass is 79.9. The summed E-state index contributed by atoms with van der Waals surface area (Å²) in [4.78, 5) is 18.8. The van der Waals surface area contributed by atoms with Crippen molar-refractivity contribution in [2.75, 3.05) is 31.6 Å². The third kappa shape index (κ3) is 5.86. The average molecular weight is 436 g/mol. The molecule has 7 heteroatoms. The van der Waals surface area contributed by atoms with Gasteiger partial charge in [-0.05, 0) is 47.3 Å². The quantitative estimate of drug-likeness (QED) is 0.491. The zero-order valence-corrected chi connectivity index (χ0v) is 17.6. The first-order valence-corrected chi connectivity index (χ1v) is 10.7. The van der Waals surface area contributed by atoms with Crippen LogP contribution in [0.1, 0.15) is 38.5 Å². The number of hydrogen-bond donors (Lipinski definition) is 3. The Morgan fingerprint density at radius 3 is 2.67 bits per heavy atom. The second kappa shape index (κ2) is 9.97. The predicted molar refractivity (Wildman–Crippen MR) is 114 cm³/mol. The Balaban J connectivity index is 1.42. The van der Waals surface area contributed by atoms with Crippen LogP contribution >= 0.6 is 15.9 Å². The Hall–Kier alpha value is -1.76. The molecule has 1 aromatic carbocycles. The van der Waals surface area contributed by atoms with Crippen molar-refractivity contribution in [1.82, 2.24) is 16.0 Å². The standard InChI is InChI=1S/C20H30BrN5O/c1-22-20(23-13-19(27)24-15-7-3-2-4-8-15)25-16-11-12-26(14-16)18-10-6-5-9-17(18)21/h5-6,9-10,15-16H,2-4,7-8,11-14H2,1H3,(H,24,27)(H2,22,23,25). The summed E-state index contributed by atoms with van der Waals surface area (Å²) >= 11 is 3.63. The van der Waals surface area contributed by atoms with Crippen LogP contribution in [0.2, 0.25) is 0 Å². The molecule has 148 valence electrons. The molecule has 0 aromatic heterocycles. The van der Waals surface area contributed by atoms with Gasteiger partial charge in [-0.25, -0.2) is 0 Å². The number of carbonyl (C=O) groups excluding carboxylic acids is 1. The third-order valence-corrected chi connectivity index (χ3v) is 6.00. The summed E-state index contributed by atoms with van der Waals surface area (Å²) in [5, 5.41) is 9.73. The van der Waals surface area contributed by atoms with Crippen LogP contribution < -0.4 is 20.9 Å². The van der Waals surface area contributed by atoms with Gasteiger partial charge in [0.05, 0.1) is 12.2 Å². The molecule has 1 unspecified atom stereocenters. The van der Waals surface area contributed by atoms with Gasteiger partial charge in [0, 0.05) is 36.7 Å². The van der Waals surface area contributed by atoms with Gasteiger partial charge in [-0.3, -0.25) is 9.79 Å². The fourth-order valence-corrected chi connectivity index (χ4v) is 4.42. The molecule has 1 saturated heterocycles. The summed E-state index contributed by atoms with van der Waals surface area (Å²) in [5.41, 5.74) is 1.22. The normalized spacial score (nSPS) is 21.2. The van der Waals surface area contributed by atoms with Gasteiger partial charge in [-0.2, -0.15) is 0 Å². The van der Waals surface area contributed by atoms with Crippen LogP contribution in [0, 0.1) is 0 Å². The van der Waals surface area contributed by atoms with Crippen LogP contribution in [-0.4, -0.2) is 50.6 Å². The zero-order chi connectivity index (χ0) is 19.1. The fourth-order valence-electron chi connectivity index (χ4n) is 3.88. The van der Waals surface area contributed by atoms with E-state index in [9.17, 15) is 4.79 Å². The lowest BCUT2D eigenvalue weighted by Gasteiger charge is -2.23. The van der Waals surface area contributed by atoms with Crippen molar-refractivity contribution in [3.63, 3.8) is 0 Å². The van der Waals surface area contributed by atoms with Crippen molar-refractivity contribution in [1.29, 1.82) is 0 Å². The van der Waals surface area contributed by atoms with Crippen molar-refractivity contribution >= 4 is 33.5 Å². The smallest absolute Gasteiger partial charge is 0.239 e. The molecule has 3 N–H and O–H groups in total. The maximum Gasteiger partial charge on any atom is 0.239 e. The largest absolute Gasteiger partial charge is 0.368 e. The van der Waals surface area contributed by atoms with Crippen LogP contribution in [0.5, 0.6) is 0 Å². The van der Waals surface area contributed by atoms with Gasteiger partial charge in [0.25, 0.3) is 0 Å². The number of carbonyl (C=O) groups is 1. The maximum absolute atomic E-state index is 12.2. The second-order valence-electron chi connectivity index (χ2n) is 7.36. The number of rotatable bonds is 5. The summed E-state index contributed by atoms with van der Waals surface area (Å²) in [7, 11) is 1.74. The van der Waals surface area contributed by atoms with E-state index in [1.165, 1.54) is 24.9 Å². The van der Waals surface area contributed by atoms with Crippen molar-refractivity contribution in [2.24, 2.45) is 4.99 Å². The van der Waals surface area contributed by atoms with E-state index in [2.05, 4.69) is 60.0 Å². The Morgan fingerprint density at radius 1 is 1.15 bits per heavy atom. The molecule has 1 heterocycles. The van der Waals surface area contributed by atoms with Crippen molar-refractivity contribution in [3.8, 4) is 0 Å². The molecule has 1 aliphatic heterocycles. The summed E-state index contributed by atoms with van der Waals surface area (Å²) in [6.07, 6.45) is 6.97. The van der Waals surface area contributed by atoms with Gasteiger partial charge >= 0.3 is 0 Å². The number of halogens is 1. The first-order valence-electron chi connectivity index (χ1n) is 9.91. The third-order valence-electron chi connectivity index (χ3n) is 5.33. The maximum atomic E-state index is 12.2. The SMILES string of the molecule is CN=C(NCC(=O)NC1CCCCC1)NC1CCN(c2ccccc2Br)C1. The van der Waals surface area contributed by atoms with E-state index in [0.29, 0.717) is 18.0 Å². The van der Waals surface area contributed by atoms with Gasteiger partial charge in [0.1, 0.15) is 0 Å². The molecule has 1 saturated carbocycles. The minimum Gasteiger partial charge on any atom is -0.368 e. The molecule has 1 aliphatic carbocycles. The van der Waals surface area contributed by atoms with E-state index < -0.39 is 0 Å². The summed E-state index contributed by atoms with van der Waals surface area (Å²) in [6, 6.07) is 8.95. The Kier molecular flexibility index (Phi) is 7.38. The minimum absolute atomic E-state index is 0.0473. The first kappa shape index (κ1) is 20.0. The Labute approximate surface area is 170 Å². The molecule has 0 spiro atoms. The average Bonchev–Trinajstić information content (AvgIpc) is 3.14. The van der Waals surface area contributed by atoms with Crippen LogP contribution in [0.25, 0.3) is 0 Å². The van der Waals surface area contributed by atoms with Gasteiger partial charge in [-0.1, -0.05) is 31.4 Å². The highest BCUT2D eigenvalue weighted by Gasteiger charge is 2.24. The van der Waals surface area contributed by atoms with Crippen LogP contribution in [0.15, 0.2) is 33.7 Å². The van der Waals surface area contributed by atoms with Gasteiger partial charge < -0.3 is 20.9 Å². The van der Waals surface area contributed by atoms with Gasteiger partial charge in [0.15, 0.2) is 5.96 Å². The summed E-state index contributed by atoms with van der Waals surface area (Å²) < 4.78 is 1.12. The molecule has 0 radical (unpaired) electrons. The van der Waals surface area contributed by atoms with Crippen molar-refractivity contribution < 1.29 is 4.79 Å². The lowest BCUT2D eigenvalue weighted by Crippen LogP contribution is -2.49. The minimum atomic E-state index is 0.0473. The number of benzene rings is 1. The molecule has 1 aromatic rings. The first-order chi connectivity index (χ1) is 13.2. The molecule has 27 heavy (non-hydrogen) atoms. The van der Waals surface area contributed by atoms with E-state index >= 15 is 0 Å². The van der Waals surface area contributed by atoms with E-state index in [1.807, 2.05) is 6.07 Å². The topological polar surface area (TPSA) is 68.8 Å². The lowest BCUT2D eigenvalue weighted by molar-refractivity contribution is -0.120. The number of para-hydroxylation sites is 1. The van der Waals surface area contributed by atoms with Crippen molar-refractivity contribution in [3.05, 3.63) is 28.7 Å². The number of hydrogen-bond acceptors (Lipinski definition) is 3. The predicted octanol–water partition coefficient (Wildman–Crippen LogP) is 2.64. The fraction of sp³-hybridized carbons (Fsp3) is 0.600. The molecule has 2 fully saturated rings. The molecule has 3 rings (SSSR count). The van der Waals surface area contributed by atoms with Crippen LogP contribution in [0.3, 0.4) is 0 Å².